The minimum absolute atomic E-state index is 0.125. The molecular weight excluding hydrogens is 510 g/mol. The summed E-state index contributed by atoms with van der Waals surface area (Å²) in [4.78, 5) is 28.9. The number of carbonyl (C=O) groups is 2. The number of hydrogen-bond acceptors (Lipinski definition) is 4. The number of hydrogen-bond donors (Lipinski definition) is 1. The summed E-state index contributed by atoms with van der Waals surface area (Å²) in [5.74, 6) is -0.304. The van der Waals surface area contributed by atoms with Crippen LogP contribution in [0.25, 0.3) is 0 Å². The highest BCUT2D eigenvalue weighted by Gasteiger charge is 2.30. The molecular formula is C31H37N3O4S. The van der Waals surface area contributed by atoms with E-state index in [2.05, 4.69) is 5.32 Å². The van der Waals surface area contributed by atoms with Crippen molar-refractivity contribution in [3.8, 4) is 0 Å². The summed E-state index contributed by atoms with van der Waals surface area (Å²) in [5.41, 5.74) is 2.81. The fourth-order valence-corrected chi connectivity index (χ4v) is 6.44. The van der Waals surface area contributed by atoms with Crippen LogP contribution in [0.4, 0.5) is 0 Å². The maximum atomic E-state index is 13.7. The van der Waals surface area contributed by atoms with E-state index >= 15 is 0 Å². The number of carbonyl (C=O) groups excluding carboxylic acids is 2. The highest BCUT2D eigenvalue weighted by molar-refractivity contribution is 7.89. The summed E-state index contributed by atoms with van der Waals surface area (Å²) >= 11 is 0. The number of likely N-dealkylation sites (N-methyl/N-ethyl adjacent to an activating group) is 1. The van der Waals surface area contributed by atoms with Crippen molar-refractivity contribution in [3.63, 3.8) is 0 Å². The van der Waals surface area contributed by atoms with E-state index in [9.17, 15) is 18.0 Å². The van der Waals surface area contributed by atoms with Crippen LogP contribution in [-0.2, 0) is 39.0 Å². The second kappa shape index (κ2) is 13.5. The van der Waals surface area contributed by atoms with Crippen LogP contribution in [0, 0.1) is 0 Å². The molecule has 2 amide bonds. The molecule has 0 bridgehead atoms. The van der Waals surface area contributed by atoms with Gasteiger partial charge in [-0.1, -0.05) is 72.8 Å². The minimum Gasteiger partial charge on any atom is -0.355 e. The van der Waals surface area contributed by atoms with E-state index in [1.807, 2.05) is 67.6 Å². The van der Waals surface area contributed by atoms with Crippen molar-refractivity contribution >= 4 is 21.8 Å². The number of rotatable bonds is 12. The standard InChI is InChI=1S/C31H37N3O4S/c1-2-32-31(36)29(23-26-11-5-3-6-12-26)34(24-27-13-7-4-8-14-27)30(35)20-17-25-15-18-28(19-16-25)39(37,38)33-21-9-10-22-33/h3-8,11-16,18-19,29H,2,9-10,17,20-24H2,1H3,(H,32,36)/t29-/m1/s1. The lowest BCUT2D eigenvalue weighted by atomic mass is 10.0. The SMILES string of the molecule is CCNC(=O)[C@@H](Cc1ccccc1)N(Cc1ccccc1)C(=O)CCc1ccc(S(=O)(=O)N2CCCC2)cc1. The van der Waals surface area contributed by atoms with Crippen molar-refractivity contribution in [3.05, 3.63) is 102 Å². The van der Waals surface area contributed by atoms with Gasteiger partial charge in [0.1, 0.15) is 6.04 Å². The molecule has 1 saturated heterocycles. The second-order valence-corrected chi connectivity index (χ2v) is 11.8. The van der Waals surface area contributed by atoms with Crippen molar-refractivity contribution in [2.45, 2.75) is 56.5 Å². The molecule has 1 aliphatic heterocycles. The predicted octanol–water partition coefficient (Wildman–Crippen LogP) is 4.18. The highest BCUT2D eigenvalue weighted by atomic mass is 32.2. The molecule has 3 aromatic rings. The smallest absolute Gasteiger partial charge is 0.243 e. The zero-order valence-electron chi connectivity index (χ0n) is 22.5. The van der Waals surface area contributed by atoms with E-state index in [-0.39, 0.29) is 23.1 Å². The van der Waals surface area contributed by atoms with Gasteiger partial charge in [0.05, 0.1) is 4.90 Å². The van der Waals surface area contributed by atoms with Crippen LogP contribution in [0.5, 0.6) is 0 Å². The molecule has 0 aromatic heterocycles. The molecule has 4 rings (SSSR count). The summed E-state index contributed by atoms with van der Waals surface area (Å²) in [6.07, 6.45) is 2.84. The number of nitrogens with one attached hydrogen (secondary N) is 1. The first-order chi connectivity index (χ1) is 18.9. The van der Waals surface area contributed by atoms with Crippen molar-refractivity contribution in [1.29, 1.82) is 0 Å². The Balaban J connectivity index is 1.52. The van der Waals surface area contributed by atoms with Gasteiger partial charge in [-0.25, -0.2) is 8.42 Å². The Bertz CT molecular complexity index is 1320. The van der Waals surface area contributed by atoms with Crippen LogP contribution in [0.15, 0.2) is 89.8 Å². The van der Waals surface area contributed by atoms with E-state index in [1.54, 1.807) is 29.2 Å². The Morgan fingerprint density at radius 1 is 0.846 bits per heavy atom. The molecule has 1 aliphatic rings. The normalized spacial score (nSPS) is 14.6. The average Bonchev–Trinajstić information content (AvgIpc) is 3.51. The van der Waals surface area contributed by atoms with Crippen LogP contribution < -0.4 is 5.32 Å². The van der Waals surface area contributed by atoms with Gasteiger partial charge in [-0.2, -0.15) is 4.31 Å². The average molecular weight is 548 g/mol. The molecule has 1 heterocycles. The van der Waals surface area contributed by atoms with E-state index in [1.165, 1.54) is 4.31 Å². The van der Waals surface area contributed by atoms with Gasteiger partial charge in [-0.3, -0.25) is 9.59 Å². The van der Waals surface area contributed by atoms with Crippen LogP contribution >= 0.6 is 0 Å². The number of aryl methyl sites for hydroxylation is 1. The molecule has 7 nitrogen and oxygen atoms in total. The molecule has 0 radical (unpaired) electrons. The maximum absolute atomic E-state index is 13.7. The summed E-state index contributed by atoms with van der Waals surface area (Å²) < 4.78 is 27.2. The van der Waals surface area contributed by atoms with Crippen molar-refractivity contribution < 1.29 is 18.0 Å². The number of nitrogens with zero attached hydrogens (tertiary/aromatic N) is 2. The van der Waals surface area contributed by atoms with Crippen LogP contribution in [0.1, 0.15) is 42.9 Å². The molecule has 0 aliphatic carbocycles. The lowest BCUT2D eigenvalue weighted by molar-refractivity contribution is -0.141. The Morgan fingerprint density at radius 2 is 1.44 bits per heavy atom. The van der Waals surface area contributed by atoms with E-state index in [4.69, 9.17) is 0 Å². The third-order valence-corrected chi connectivity index (χ3v) is 8.98. The second-order valence-electron chi connectivity index (χ2n) is 9.86. The van der Waals surface area contributed by atoms with Crippen molar-refractivity contribution in [2.24, 2.45) is 0 Å². The zero-order chi connectivity index (χ0) is 27.7. The minimum atomic E-state index is -3.48. The molecule has 0 spiro atoms. The highest BCUT2D eigenvalue weighted by Crippen LogP contribution is 2.22. The molecule has 0 unspecified atom stereocenters. The molecule has 1 atom stereocenters. The zero-order valence-corrected chi connectivity index (χ0v) is 23.3. The first-order valence-electron chi connectivity index (χ1n) is 13.6. The summed E-state index contributed by atoms with van der Waals surface area (Å²) in [7, 11) is -3.48. The topological polar surface area (TPSA) is 86.8 Å². The molecule has 206 valence electrons. The molecule has 39 heavy (non-hydrogen) atoms. The van der Waals surface area contributed by atoms with Crippen molar-refractivity contribution in [1.82, 2.24) is 14.5 Å². The number of amides is 2. The van der Waals surface area contributed by atoms with E-state index in [0.29, 0.717) is 39.0 Å². The molecule has 1 fully saturated rings. The maximum Gasteiger partial charge on any atom is 0.243 e. The number of benzene rings is 3. The lowest BCUT2D eigenvalue weighted by Crippen LogP contribution is -2.50. The van der Waals surface area contributed by atoms with Gasteiger partial charge in [0.25, 0.3) is 0 Å². The molecule has 8 heteroatoms. The fraction of sp³-hybridized carbons (Fsp3) is 0.355. The molecule has 1 N–H and O–H groups in total. The number of sulfonamides is 1. The van der Waals surface area contributed by atoms with Gasteiger partial charge in [-0.05, 0) is 55.0 Å². The first-order valence-corrected chi connectivity index (χ1v) is 15.1. The quantitative estimate of drug-likeness (QED) is 0.369. The van der Waals surface area contributed by atoms with Gasteiger partial charge in [0.15, 0.2) is 0 Å². The third-order valence-electron chi connectivity index (χ3n) is 7.07. The summed E-state index contributed by atoms with van der Waals surface area (Å²) in [6.45, 7) is 3.79. The Kier molecular flexibility index (Phi) is 9.90. The van der Waals surface area contributed by atoms with Gasteiger partial charge in [-0.15, -0.1) is 0 Å². The Morgan fingerprint density at radius 3 is 2.03 bits per heavy atom. The molecule has 0 saturated carbocycles. The third kappa shape index (κ3) is 7.55. The predicted molar refractivity (Wildman–Crippen MR) is 152 cm³/mol. The Labute approximate surface area is 231 Å². The lowest BCUT2D eigenvalue weighted by Gasteiger charge is -2.31. The van der Waals surface area contributed by atoms with E-state index < -0.39 is 16.1 Å². The molecule has 3 aromatic carbocycles. The summed E-state index contributed by atoms with van der Waals surface area (Å²) in [5, 5.41) is 2.91. The summed E-state index contributed by atoms with van der Waals surface area (Å²) in [6, 6.07) is 25.6. The first kappa shape index (κ1) is 28.5. The van der Waals surface area contributed by atoms with Crippen molar-refractivity contribution in [2.75, 3.05) is 19.6 Å². The Hall–Kier alpha value is -3.49. The largest absolute Gasteiger partial charge is 0.355 e. The van der Waals surface area contributed by atoms with Gasteiger partial charge in [0.2, 0.25) is 21.8 Å². The fourth-order valence-electron chi connectivity index (χ4n) is 4.93. The monoisotopic (exact) mass is 547 g/mol. The van der Waals surface area contributed by atoms with Crippen LogP contribution in [0.3, 0.4) is 0 Å². The van der Waals surface area contributed by atoms with Crippen LogP contribution in [-0.4, -0.2) is 55.1 Å². The van der Waals surface area contributed by atoms with Gasteiger partial charge >= 0.3 is 0 Å². The van der Waals surface area contributed by atoms with Gasteiger partial charge in [0, 0.05) is 39.0 Å². The van der Waals surface area contributed by atoms with E-state index in [0.717, 1.165) is 29.5 Å². The van der Waals surface area contributed by atoms with Gasteiger partial charge < -0.3 is 10.2 Å². The van der Waals surface area contributed by atoms with Crippen LogP contribution in [0.2, 0.25) is 0 Å².